The molecule has 0 unspecified atom stereocenters. The number of aryl methyl sites for hydroxylation is 1. The van der Waals surface area contributed by atoms with E-state index in [0.29, 0.717) is 26.9 Å². The Hall–Kier alpha value is -3.69. The minimum absolute atomic E-state index is 0.267. The highest BCUT2D eigenvalue weighted by Crippen LogP contribution is 2.38. The van der Waals surface area contributed by atoms with Gasteiger partial charge in [-0.1, -0.05) is 23.7 Å². The summed E-state index contributed by atoms with van der Waals surface area (Å²) in [7, 11) is 0. The molecule has 1 heterocycles. The fraction of sp³-hybridized carbons (Fsp3) is 0.286. The van der Waals surface area contributed by atoms with Crippen molar-refractivity contribution < 1.29 is 23.9 Å². The summed E-state index contributed by atoms with van der Waals surface area (Å²) in [6.45, 7) is 3.63. The third kappa shape index (κ3) is 6.79. The molecule has 2 amide bonds. The third-order valence-electron chi connectivity index (χ3n) is 5.93. The van der Waals surface area contributed by atoms with Gasteiger partial charge in [0.2, 0.25) is 0 Å². The summed E-state index contributed by atoms with van der Waals surface area (Å²) in [5, 5.41) is 7.96. The number of halogens is 1. The molecule has 10 heteroatoms. The molecule has 3 aromatic rings. The molecule has 0 bridgehead atoms. The van der Waals surface area contributed by atoms with Crippen LogP contribution in [0.15, 0.2) is 53.6 Å². The minimum atomic E-state index is -0.818. The van der Waals surface area contributed by atoms with Gasteiger partial charge in [0, 0.05) is 15.5 Å². The van der Waals surface area contributed by atoms with Crippen LogP contribution < -0.4 is 15.5 Å². The Bertz CT molecular complexity index is 1340. The monoisotopic (exact) mass is 553 g/mol. The van der Waals surface area contributed by atoms with Crippen LogP contribution in [0.4, 0.5) is 5.00 Å². The molecule has 0 saturated carbocycles. The number of thiophene rings is 1. The van der Waals surface area contributed by atoms with Crippen LogP contribution >= 0.6 is 22.9 Å². The molecule has 1 atom stereocenters. The molecule has 8 nitrogen and oxygen atoms in total. The largest absolute Gasteiger partial charge is 0.481 e. The van der Waals surface area contributed by atoms with E-state index in [0.717, 1.165) is 41.7 Å². The molecule has 0 radical (unpaired) electrons. The first kappa shape index (κ1) is 27.3. The normalized spacial score (nSPS) is 13.4. The Morgan fingerprint density at radius 2 is 1.79 bits per heavy atom. The summed E-state index contributed by atoms with van der Waals surface area (Å²) in [5.74, 6) is -0.756. The molecule has 1 aliphatic rings. The quantitative estimate of drug-likeness (QED) is 0.203. The first-order valence-corrected chi connectivity index (χ1v) is 13.5. The predicted octanol–water partition coefficient (Wildman–Crippen LogP) is 5.63. The number of benzene rings is 2. The third-order valence-corrected chi connectivity index (χ3v) is 7.39. The highest BCUT2D eigenvalue weighted by molar-refractivity contribution is 7.17. The van der Waals surface area contributed by atoms with Gasteiger partial charge in [0.25, 0.3) is 11.8 Å². The molecule has 2 N–H and O–H groups in total. The van der Waals surface area contributed by atoms with Crippen LogP contribution in [0.3, 0.4) is 0 Å². The van der Waals surface area contributed by atoms with E-state index in [1.807, 2.05) is 0 Å². The molecule has 38 heavy (non-hydrogen) atoms. The van der Waals surface area contributed by atoms with Gasteiger partial charge in [-0.15, -0.1) is 11.3 Å². The van der Waals surface area contributed by atoms with Crippen LogP contribution in [0.25, 0.3) is 0 Å². The summed E-state index contributed by atoms with van der Waals surface area (Å²) in [6, 6.07) is 13.4. The van der Waals surface area contributed by atoms with Gasteiger partial charge in [0.15, 0.2) is 6.10 Å². The number of hydrazone groups is 1. The number of fused-ring (bicyclic) bond motifs is 1. The Morgan fingerprint density at radius 1 is 1.08 bits per heavy atom. The van der Waals surface area contributed by atoms with Crippen molar-refractivity contribution >= 4 is 51.9 Å². The van der Waals surface area contributed by atoms with Gasteiger partial charge in [0.05, 0.1) is 18.4 Å². The fourth-order valence-corrected chi connectivity index (χ4v) is 5.40. The van der Waals surface area contributed by atoms with Crippen LogP contribution in [0.2, 0.25) is 5.02 Å². The summed E-state index contributed by atoms with van der Waals surface area (Å²) in [4.78, 5) is 39.1. The number of nitrogens with zero attached hydrogens (tertiary/aromatic N) is 1. The summed E-state index contributed by atoms with van der Waals surface area (Å²) in [6.07, 6.45) is 4.46. The number of carbonyl (C=O) groups is 3. The van der Waals surface area contributed by atoms with E-state index in [1.54, 1.807) is 62.4 Å². The van der Waals surface area contributed by atoms with E-state index in [2.05, 4.69) is 15.8 Å². The fourth-order valence-electron chi connectivity index (χ4n) is 4.00. The molecule has 0 saturated heterocycles. The van der Waals surface area contributed by atoms with E-state index in [1.165, 1.54) is 17.6 Å². The average molecular weight is 554 g/mol. The Morgan fingerprint density at radius 3 is 2.50 bits per heavy atom. The zero-order chi connectivity index (χ0) is 27.1. The molecule has 198 valence electrons. The van der Waals surface area contributed by atoms with Gasteiger partial charge in [0.1, 0.15) is 10.8 Å². The van der Waals surface area contributed by atoms with Gasteiger partial charge >= 0.3 is 5.97 Å². The van der Waals surface area contributed by atoms with Gasteiger partial charge < -0.3 is 14.8 Å². The number of rotatable bonds is 9. The van der Waals surface area contributed by atoms with Gasteiger partial charge in [-0.05, 0) is 87.1 Å². The van der Waals surface area contributed by atoms with Crippen molar-refractivity contribution in [3.8, 4) is 5.75 Å². The van der Waals surface area contributed by atoms with Gasteiger partial charge in [-0.3, -0.25) is 9.59 Å². The number of esters is 1. The number of hydrogen-bond acceptors (Lipinski definition) is 7. The maximum absolute atomic E-state index is 13.0. The van der Waals surface area contributed by atoms with E-state index >= 15 is 0 Å². The van der Waals surface area contributed by atoms with E-state index < -0.39 is 18.0 Å². The van der Waals surface area contributed by atoms with Crippen molar-refractivity contribution in [3.63, 3.8) is 0 Å². The molecule has 0 aliphatic heterocycles. The lowest BCUT2D eigenvalue weighted by molar-refractivity contribution is -0.127. The molecule has 2 aromatic carbocycles. The Labute approximate surface area is 230 Å². The summed E-state index contributed by atoms with van der Waals surface area (Å²) >= 11 is 7.30. The first-order valence-electron chi connectivity index (χ1n) is 12.3. The van der Waals surface area contributed by atoms with E-state index in [9.17, 15) is 14.4 Å². The molecule has 0 spiro atoms. The van der Waals surface area contributed by atoms with Crippen LogP contribution in [-0.2, 0) is 22.4 Å². The smallest absolute Gasteiger partial charge is 0.341 e. The predicted molar refractivity (Wildman–Crippen MR) is 149 cm³/mol. The van der Waals surface area contributed by atoms with Gasteiger partial charge in [-0.25, -0.2) is 10.2 Å². The highest BCUT2D eigenvalue weighted by Gasteiger charge is 2.27. The van der Waals surface area contributed by atoms with Crippen LogP contribution in [0.5, 0.6) is 5.75 Å². The molecular formula is C28H28ClN3O5S. The van der Waals surface area contributed by atoms with Crippen molar-refractivity contribution in [2.75, 3.05) is 11.9 Å². The van der Waals surface area contributed by atoms with Crippen molar-refractivity contribution in [2.45, 2.75) is 45.6 Å². The lowest BCUT2D eigenvalue weighted by Gasteiger charge is -2.13. The molecule has 4 rings (SSSR count). The van der Waals surface area contributed by atoms with Crippen LogP contribution in [-0.4, -0.2) is 36.7 Å². The number of anilines is 1. The number of carbonyl (C=O) groups excluding carboxylic acids is 3. The molecule has 1 aromatic heterocycles. The van der Waals surface area contributed by atoms with E-state index in [4.69, 9.17) is 21.1 Å². The number of hydrogen-bond donors (Lipinski definition) is 2. The number of ether oxygens (including phenoxy) is 2. The van der Waals surface area contributed by atoms with Crippen LogP contribution in [0, 0.1) is 0 Å². The second kappa shape index (κ2) is 12.7. The Balaban J connectivity index is 1.36. The first-order chi connectivity index (χ1) is 18.4. The van der Waals surface area contributed by atoms with Crippen molar-refractivity contribution in [3.05, 3.63) is 80.7 Å². The summed E-state index contributed by atoms with van der Waals surface area (Å²) < 4.78 is 10.9. The summed E-state index contributed by atoms with van der Waals surface area (Å²) in [5.41, 5.74) is 5.08. The second-order valence-corrected chi connectivity index (χ2v) is 10.2. The average Bonchev–Trinajstić information content (AvgIpc) is 3.28. The maximum atomic E-state index is 13.0. The standard InChI is InChI=1S/C28H28ClN3O5S/c1-3-36-28(35)24-22-6-4-5-7-23(22)38-27(24)31-26(34)19-10-14-21(15-11-19)37-17(2)25(33)32-30-16-18-8-12-20(29)13-9-18/h8-17H,3-7H2,1-2H3,(H,31,34)(H,32,33)/b30-16-/t17-/m0/s1. The van der Waals surface area contributed by atoms with Crippen molar-refractivity contribution in [1.82, 2.24) is 5.43 Å². The zero-order valence-electron chi connectivity index (χ0n) is 21.1. The number of nitrogens with one attached hydrogen (secondary N) is 2. The SMILES string of the molecule is CCOC(=O)c1c(NC(=O)c2ccc(O[C@@H](C)C(=O)N/N=C\c3ccc(Cl)cc3)cc2)sc2c1CCCC2. The van der Waals surface area contributed by atoms with E-state index in [-0.39, 0.29) is 12.5 Å². The van der Waals surface area contributed by atoms with Crippen molar-refractivity contribution in [1.29, 1.82) is 0 Å². The lowest BCUT2D eigenvalue weighted by Crippen LogP contribution is -2.33. The zero-order valence-corrected chi connectivity index (χ0v) is 22.7. The van der Waals surface area contributed by atoms with Gasteiger partial charge in [-0.2, -0.15) is 5.10 Å². The topological polar surface area (TPSA) is 106 Å². The number of amides is 2. The van der Waals surface area contributed by atoms with Crippen LogP contribution in [0.1, 0.15) is 63.4 Å². The maximum Gasteiger partial charge on any atom is 0.341 e. The molecule has 1 aliphatic carbocycles. The molecular weight excluding hydrogens is 526 g/mol. The lowest BCUT2D eigenvalue weighted by atomic mass is 9.95. The Kier molecular flexibility index (Phi) is 9.15. The second-order valence-electron chi connectivity index (χ2n) is 8.66. The molecule has 0 fully saturated rings. The minimum Gasteiger partial charge on any atom is -0.481 e. The van der Waals surface area contributed by atoms with Crippen molar-refractivity contribution in [2.24, 2.45) is 5.10 Å². The highest BCUT2D eigenvalue weighted by atomic mass is 35.5.